The lowest BCUT2D eigenvalue weighted by atomic mass is 10.2. The van der Waals surface area contributed by atoms with Crippen LogP contribution in [0.3, 0.4) is 0 Å². The number of methoxy groups -OCH3 is 1. The van der Waals surface area contributed by atoms with Crippen LogP contribution < -0.4 is 15.8 Å². The van der Waals surface area contributed by atoms with E-state index >= 15 is 0 Å². The second-order valence-corrected chi connectivity index (χ2v) is 5.30. The normalized spacial score (nSPS) is 9.67. The van der Waals surface area contributed by atoms with E-state index in [1.54, 1.807) is 29.6 Å². The van der Waals surface area contributed by atoms with E-state index in [-0.39, 0.29) is 12.5 Å². The van der Waals surface area contributed by atoms with Gasteiger partial charge in [0.2, 0.25) is 0 Å². The van der Waals surface area contributed by atoms with E-state index < -0.39 is 0 Å². The summed E-state index contributed by atoms with van der Waals surface area (Å²) in [7, 11) is 1.54. The van der Waals surface area contributed by atoms with E-state index in [9.17, 15) is 4.79 Å². The van der Waals surface area contributed by atoms with Crippen LogP contribution in [0.5, 0.6) is 5.75 Å². The number of rotatable bonds is 3. The van der Waals surface area contributed by atoms with Crippen LogP contribution in [0.15, 0.2) is 29.6 Å². The Bertz CT molecular complexity index is 716. The van der Waals surface area contributed by atoms with Crippen molar-refractivity contribution in [3.05, 3.63) is 45.1 Å². The number of anilines is 1. The highest BCUT2D eigenvalue weighted by Crippen LogP contribution is 2.28. The van der Waals surface area contributed by atoms with Crippen LogP contribution in [0.4, 0.5) is 5.69 Å². The third-order valence-electron chi connectivity index (χ3n) is 2.61. The third-order valence-corrected chi connectivity index (χ3v) is 3.95. The fraction of sp³-hybridized carbons (Fsp3) is 0.133. The molecule has 2 rings (SSSR count). The van der Waals surface area contributed by atoms with Gasteiger partial charge in [0, 0.05) is 5.56 Å². The number of carbonyl (C=O) groups is 1. The zero-order valence-electron chi connectivity index (χ0n) is 11.3. The van der Waals surface area contributed by atoms with Crippen molar-refractivity contribution in [2.24, 2.45) is 5.73 Å². The number of halogens is 1. The van der Waals surface area contributed by atoms with Gasteiger partial charge in [-0.05, 0) is 29.6 Å². The quantitative estimate of drug-likeness (QED) is 0.855. The molecule has 2 aromatic rings. The van der Waals surface area contributed by atoms with Crippen LogP contribution >= 0.6 is 22.9 Å². The lowest BCUT2D eigenvalue weighted by Crippen LogP contribution is -2.11. The number of ether oxygens (including phenoxy) is 1. The molecule has 0 saturated heterocycles. The van der Waals surface area contributed by atoms with Gasteiger partial charge in [0.1, 0.15) is 10.6 Å². The molecular weight excluding hydrogens is 308 g/mol. The molecule has 0 spiro atoms. The maximum Gasteiger partial charge on any atom is 0.267 e. The van der Waals surface area contributed by atoms with Gasteiger partial charge in [-0.25, -0.2) is 0 Å². The average molecular weight is 321 g/mol. The molecule has 0 saturated carbocycles. The fourth-order valence-corrected chi connectivity index (χ4v) is 2.71. The van der Waals surface area contributed by atoms with Crippen molar-refractivity contribution >= 4 is 34.5 Å². The van der Waals surface area contributed by atoms with Crippen molar-refractivity contribution in [2.75, 3.05) is 19.0 Å². The molecular formula is C15H13ClN2O2S. The van der Waals surface area contributed by atoms with Gasteiger partial charge in [-0.15, -0.1) is 11.3 Å². The Morgan fingerprint density at radius 3 is 2.90 bits per heavy atom. The minimum absolute atomic E-state index is 0.276. The molecule has 0 aliphatic carbocycles. The number of thiophene rings is 1. The fourth-order valence-electron chi connectivity index (χ4n) is 1.67. The number of nitrogens with two attached hydrogens (primary N) is 1. The highest BCUT2D eigenvalue weighted by molar-refractivity contribution is 7.12. The van der Waals surface area contributed by atoms with Crippen molar-refractivity contribution in [2.45, 2.75) is 0 Å². The second kappa shape index (κ2) is 7.14. The Morgan fingerprint density at radius 1 is 1.48 bits per heavy atom. The first kappa shape index (κ1) is 15.4. The molecule has 1 aromatic heterocycles. The summed E-state index contributed by atoms with van der Waals surface area (Å²) >= 11 is 7.24. The highest BCUT2D eigenvalue weighted by Gasteiger charge is 2.14. The average Bonchev–Trinajstić information content (AvgIpc) is 2.91. The molecule has 1 amide bonds. The maximum absolute atomic E-state index is 12.2. The molecule has 1 heterocycles. The van der Waals surface area contributed by atoms with Crippen molar-refractivity contribution < 1.29 is 9.53 Å². The monoisotopic (exact) mass is 320 g/mol. The SMILES string of the molecule is COc1ccc(C#CCN)cc1NC(=O)c1sccc1Cl. The molecule has 3 N–H and O–H groups in total. The van der Waals surface area contributed by atoms with Crippen LogP contribution in [-0.2, 0) is 0 Å². The number of hydrogen-bond acceptors (Lipinski definition) is 4. The molecule has 108 valence electrons. The molecule has 6 heteroatoms. The Hall–Kier alpha value is -2.00. The predicted octanol–water partition coefficient (Wildman–Crippen LogP) is 2.97. The van der Waals surface area contributed by atoms with Gasteiger partial charge in [-0.2, -0.15) is 0 Å². The van der Waals surface area contributed by atoms with Gasteiger partial charge in [0.05, 0.1) is 24.4 Å². The van der Waals surface area contributed by atoms with Gasteiger partial charge in [0.25, 0.3) is 5.91 Å². The summed E-state index contributed by atoms with van der Waals surface area (Å²) in [5.74, 6) is 5.94. The Balaban J connectivity index is 2.29. The molecule has 0 radical (unpaired) electrons. The molecule has 0 bridgehead atoms. The van der Waals surface area contributed by atoms with Crippen molar-refractivity contribution in [1.82, 2.24) is 0 Å². The smallest absolute Gasteiger partial charge is 0.267 e. The summed E-state index contributed by atoms with van der Waals surface area (Å²) in [4.78, 5) is 12.6. The predicted molar refractivity (Wildman–Crippen MR) is 86.2 cm³/mol. The van der Waals surface area contributed by atoms with Gasteiger partial charge in [0.15, 0.2) is 0 Å². The van der Waals surface area contributed by atoms with Crippen LogP contribution in [0.2, 0.25) is 5.02 Å². The first-order valence-electron chi connectivity index (χ1n) is 6.07. The number of amides is 1. The van der Waals surface area contributed by atoms with Crippen molar-refractivity contribution in [3.8, 4) is 17.6 Å². The first-order chi connectivity index (χ1) is 10.2. The van der Waals surface area contributed by atoms with E-state index in [1.165, 1.54) is 18.4 Å². The number of hydrogen-bond donors (Lipinski definition) is 2. The van der Waals surface area contributed by atoms with Gasteiger partial charge in [-0.3, -0.25) is 4.79 Å². The van der Waals surface area contributed by atoms with E-state index in [0.717, 1.165) is 5.56 Å². The molecule has 4 nitrogen and oxygen atoms in total. The molecule has 0 unspecified atom stereocenters. The van der Waals surface area contributed by atoms with Crippen LogP contribution in [-0.4, -0.2) is 19.6 Å². The largest absolute Gasteiger partial charge is 0.495 e. The molecule has 1 aromatic carbocycles. The zero-order chi connectivity index (χ0) is 15.2. The first-order valence-corrected chi connectivity index (χ1v) is 7.32. The number of benzene rings is 1. The standard InChI is InChI=1S/C15H13ClN2O2S/c1-20-13-5-4-10(3-2-7-17)9-12(13)18-15(19)14-11(16)6-8-21-14/h4-6,8-9H,7,17H2,1H3,(H,18,19). The second-order valence-electron chi connectivity index (χ2n) is 3.97. The molecule has 0 aliphatic heterocycles. The summed E-state index contributed by atoms with van der Waals surface area (Å²) in [6.07, 6.45) is 0. The van der Waals surface area contributed by atoms with E-state index in [0.29, 0.717) is 21.3 Å². The maximum atomic E-state index is 12.2. The van der Waals surface area contributed by atoms with Gasteiger partial charge < -0.3 is 15.8 Å². The summed E-state index contributed by atoms with van der Waals surface area (Å²) in [6.45, 7) is 0.276. The summed E-state index contributed by atoms with van der Waals surface area (Å²) in [5.41, 5.74) is 6.63. The topological polar surface area (TPSA) is 64.3 Å². The highest BCUT2D eigenvalue weighted by atomic mass is 35.5. The Labute approximate surface area is 131 Å². The van der Waals surface area contributed by atoms with Crippen molar-refractivity contribution in [1.29, 1.82) is 0 Å². The summed E-state index contributed by atoms with van der Waals surface area (Å²) in [6, 6.07) is 6.96. The Morgan fingerprint density at radius 2 is 2.29 bits per heavy atom. The van der Waals surface area contributed by atoms with Gasteiger partial charge in [-0.1, -0.05) is 23.4 Å². The summed E-state index contributed by atoms with van der Waals surface area (Å²) < 4.78 is 5.24. The minimum Gasteiger partial charge on any atom is -0.495 e. The summed E-state index contributed by atoms with van der Waals surface area (Å²) in [5, 5.41) is 4.97. The lowest BCUT2D eigenvalue weighted by molar-refractivity contribution is 0.103. The van der Waals surface area contributed by atoms with Crippen LogP contribution in [0, 0.1) is 11.8 Å². The van der Waals surface area contributed by atoms with E-state index in [4.69, 9.17) is 22.1 Å². The Kier molecular flexibility index (Phi) is 5.23. The number of carbonyl (C=O) groups excluding carboxylic acids is 1. The molecule has 21 heavy (non-hydrogen) atoms. The van der Waals surface area contributed by atoms with Crippen molar-refractivity contribution in [3.63, 3.8) is 0 Å². The molecule has 0 fully saturated rings. The number of nitrogens with one attached hydrogen (secondary N) is 1. The third kappa shape index (κ3) is 3.76. The lowest BCUT2D eigenvalue weighted by Gasteiger charge is -2.10. The molecule has 0 aliphatic rings. The van der Waals surface area contributed by atoms with E-state index in [1.807, 2.05) is 0 Å². The minimum atomic E-state index is -0.280. The van der Waals surface area contributed by atoms with Crippen LogP contribution in [0.1, 0.15) is 15.2 Å². The van der Waals surface area contributed by atoms with Crippen LogP contribution in [0.25, 0.3) is 0 Å². The zero-order valence-corrected chi connectivity index (χ0v) is 12.8. The van der Waals surface area contributed by atoms with E-state index in [2.05, 4.69) is 17.2 Å². The van der Waals surface area contributed by atoms with Gasteiger partial charge >= 0.3 is 0 Å². The molecule has 0 atom stereocenters.